The van der Waals surface area contributed by atoms with Gasteiger partial charge < -0.3 is 11.5 Å². The van der Waals surface area contributed by atoms with E-state index in [9.17, 15) is 0 Å². The van der Waals surface area contributed by atoms with Gasteiger partial charge in [-0.2, -0.15) is 4.98 Å². The minimum Gasteiger partial charge on any atom is -0.383 e. The van der Waals surface area contributed by atoms with Crippen LogP contribution < -0.4 is 11.5 Å². The maximum atomic E-state index is 6.04. The fourth-order valence-corrected chi connectivity index (χ4v) is 3.14. The van der Waals surface area contributed by atoms with Gasteiger partial charge in [0, 0.05) is 5.56 Å². The molecule has 0 spiro atoms. The van der Waals surface area contributed by atoms with Crippen LogP contribution in [0.5, 0.6) is 0 Å². The van der Waals surface area contributed by atoms with Gasteiger partial charge in [-0.1, -0.05) is 37.3 Å². The van der Waals surface area contributed by atoms with Crippen LogP contribution in [0.4, 0.5) is 11.8 Å². The van der Waals surface area contributed by atoms with E-state index in [0.29, 0.717) is 17.7 Å². The number of nitrogen functional groups attached to an aromatic ring is 2. The molecule has 19 heavy (non-hydrogen) atoms. The van der Waals surface area contributed by atoms with E-state index < -0.39 is 0 Å². The largest absolute Gasteiger partial charge is 0.383 e. The van der Waals surface area contributed by atoms with E-state index in [1.165, 1.54) is 5.56 Å². The van der Waals surface area contributed by atoms with Gasteiger partial charge in [0.2, 0.25) is 5.95 Å². The van der Waals surface area contributed by atoms with Gasteiger partial charge in [0.15, 0.2) is 0 Å². The molecule has 1 aliphatic rings. The normalized spacial score (nSPS) is 21.9. The quantitative estimate of drug-likeness (QED) is 0.819. The lowest BCUT2D eigenvalue weighted by molar-refractivity contribution is 0.494. The molecule has 1 aromatic carbocycles. The Morgan fingerprint density at radius 1 is 1.11 bits per heavy atom. The third-order valence-corrected chi connectivity index (χ3v) is 4.05. The maximum absolute atomic E-state index is 6.04. The molecule has 0 aliphatic heterocycles. The molecule has 0 saturated heterocycles. The van der Waals surface area contributed by atoms with E-state index >= 15 is 0 Å². The first-order chi connectivity index (χ1) is 9.16. The topological polar surface area (TPSA) is 77.8 Å². The monoisotopic (exact) mass is 254 g/mol. The number of hydrogen-bond acceptors (Lipinski definition) is 4. The molecule has 3 rings (SSSR count). The van der Waals surface area contributed by atoms with Crippen LogP contribution in [0.2, 0.25) is 0 Å². The number of nitrogens with two attached hydrogens (primary N) is 2. The Labute approximate surface area is 112 Å². The summed E-state index contributed by atoms with van der Waals surface area (Å²) < 4.78 is 0. The second kappa shape index (κ2) is 4.53. The van der Waals surface area contributed by atoms with E-state index in [2.05, 4.69) is 41.2 Å². The molecule has 0 radical (unpaired) electrons. The fraction of sp³-hybridized carbons (Fsp3) is 0.333. The standard InChI is InChI=1S/C15H18N4/c1-9-11(10-5-3-2-4-6-10)7-8-12-13(9)14(16)19-15(17)18-12/h2-6,9,11H,7-8H2,1H3,(H4,16,17,18,19)/t9-,11-/m0/s1. The summed E-state index contributed by atoms with van der Waals surface area (Å²) in [4.78, 5) is 8.45. The Morgan fingerprint density at radius 3 is 2.58 bits per heavy atom. The smallest absolute Gasteiger partial charge is 0.222 e. The van der Waals surface area contributed by atoms with Gasteiger partial charge in [-0.15, -0.1) is 0 Å². The molecule has 0 saturated carbocycles. The molecule has 0 amide bonds. The van der Waals surface area contributed by atoms with Crippen molar-refractivity contribution in [1.82, 2.24) is 9.97 Å². The van der Waals surface area contributed by atoms with Crippen LogP contribution in [-0.2, 0) is 6.42 Å². The zero-order valence-electron chi connectivity index (χ0n) is 11.0. The van der Waals surface area contributed by atoms with Gasteiger partial charge in [0.05, 0.1) is 5.69 Å². The third kappa shape index (κ3) is 2.03. The van der Waals surface area contributed by atoms with Crippen molar-refractivity contribution in [3.8, 4) is 0 Å². The molecule has 2 atom stereocenters. The summed E-state index contributed by atoms with van der Waals surface area (Å²) >= 11 is 0. The zero-order chi connectivity index (χ0) is 13.4. The number of aryl methyl sites for hydroxylation is 1. The summed E-state index contributed by atoms with van der Waals surface area (Å²) in [5.41, 5.74) is 15.2. The van der Waals surface area contributed by atoms with Crippen molar-refractivity contribution in [1.29, 1.82) is 0 Å². The number of hydrogen-bond donors (Lipinski definition) is 2. The minimum atomic E-state index is 0.279. The molecule has 98 valence electrons. The lowest BCUT2D eigenvalue weighted by atomic mass is 9.74. The summed E-state index contributed by atoms with van der Waals surface area (Å²) in [6.07, 6.45) is 1.99. The Kier molecular flexibility index (Phi) is 2.85. The van der Waals surface area contributed by atoms with Crippen molar-refractivity contribution in [2.24, 2.45) is 0 Å². The SMILES string of the molecule is C[C@@H]1c2c(N)nc(N)nc2CC[C@@H]1c1ccccc1. The van der Waals surface area contributed by atoms with Crippen molar-refractivity contribution in [2.45, 2.75) is 31.6 Å². The Balaban J connectivity index is 2.03. The third-order valence-electron chi connectivity index (χ3n) is 4.05. The Hall–Kier alpha value is -2.10. The van der Waals surface area contributed by atoms with Crippen LogP contribution in [0.25, 0.3) is 0 Å². The molecule has 0 fully saturated rings. The highest BCUT2D eigenvalue weighted by Crippen LogP contribution is 2.43. The van der Waals surface area contributed by atoms with E-state index in [0.717, 1.165) is 24.1 Å². The van der Waals surface area contributed by atoms with Crippen LogP contribution >= 0.6 is 0 Å². The van der Waals surface area contributed by atoms with Crippen molar-refractivity contribution in [3.05, 3.63) is 47.2 Å². The van der Waals surface area contributed by atoms with Crippen LogP contribution in [0.15, 0.2) is 30.3 Å². The van der Waals surface area contributed by atoms with Gasteiger partial charge >= 0.3 is 0 Å². The lowest BCUT2D eigenvalue weighted by Crippen LogP contribution is -2.21. The van der Waals surface area contributed by atoms with E-state index in [1.807, 2.05) is 6.07 Å². The average Bonchev–Trinajstić information content (AvgIpc) is 2.39. The number of aromatic nitrogens is 2. The Bertz CT molecular complexity index is 595. The summed E-state index contributed by atoms with van der Waals surface area (Å²) in [6.45, 7) is 2.20. The van der Waals surface area contributed by atoms with Gasteiger partial charge in [0.25, 0.3) is 0 Å². The predicted molar refractivity (Wildman–Crippen MR) is 76.8 cm³/mol. The molecular weight excluding hydrogens is 236 g/mol. The summed E-state index contributed by atoms with van der Waals surface area (Å²) in [7, 11) is 0. The summed E-state index contributed by atoms with van der Waals surface area (Å²) in [5, 5.41) is 0. The predicted octanol–water partition coefficient (Wildman–Crippen LogP) is 2.47. The highest BCUT2D eigenvalue weighted by Gasteiger charge is 2.30. The van der Waals surface area contributed by atoms with Crippen molar-refractivity contribution in [2.75, 3.05) is 11.5 Å². The van der Waals surface area contributed by atoms with Crippen molar-refractivity contribution in [3.63, 3.8) is 0 Å². The maximum Gasteiger partial charge on any atom is 0.222 e. The summed E-state index contributed by atoms with van der Waals surface area (Å²) in [5.74, 6) is 1.62. The molecule has 0 unspecified atom stereocenters. The highest BCUT2D eigenvalue weighted by molar-refractivity contribution is 5.50. The number of nitrogens with zero attached hydrogens (tertiary/aromatic N) is 2. The summed E-state index contributed by atoms with van der Waals surface area (Å²) in [6, 6.07) is 10.6. The van der Waals surface area contributed by atoms with Crippen LogP contribution in [0.3, 0.4) is 0 Å². The van der Waals surface area contributed by atoms with Crippen LogP contribution in [-0.4, -0.2) is 9.97 Å². The number of anilines is 2. The molecule has 4 heteroatoms. The number of fused-ring (bicyclic) bond motifs is 1. The van der Waals surface area contributed by atoms with Gasteiger partial charge in [-0.3, -0.25) is 0 Å². The van der Waals surface area contributed by atoms with Gasteiger partial charge in [0.1, 0.15) is 5.82 Å². The lowest BCUT2D eigenvalue weighted by Gasteiger charge is -2.31. The second-order valence-electron chi connectivity index (χ2n) is 5.17. The molecule has 1 aliphatic carbocycles. The molecular formula is C15H18N4. The van der Waals surface area contributed by atoms with Gasteiger partial charge in [-0.05, 0) is 30.2 Å². The molecule has 4 N–H and O–H groups in total. The highest BCUT2D eigenvalue weighted by atomic mass is 15.0. The first-order valence-corrected chi connectivity index (χ1v) is 6.63. The van der Waals surface area contributed by atoms with Crippen molar-refractivity contribution < 1.29 is 0 Å². The zero-order valence-corrected chi connectivity index (χ0v) is 11.0. The van der Waals surface area contributed by atoms with Gasteiger partial charge in [-0.25, -0.2) is 4.98 Å². The molecule has 2 aromatic rings. The first kappa shape index (κ1) is 12.0. The van der Waals surface area contributed by atoms with E-state index in [1.54, 1.807) is 0 Å². The number of rotatable bonds is 1. The first-order valence-electron chi connectivity index (χ1n) is 6.63. The average molecular weight is 254 g/mol. The van der Waals surface area contributed by atoms with E-state index in [-0.39, 0.29) is 5.95 Å². The van der Waals surface area contributed by atoms with Crippen LogP contribution in [0.1, 0.15) is 42.0 Å². The minimum absolute atomic E-state index is 0.279. The van der Waals surface area contributed by atoms with E-state index in [4.69, 9.17) is 11.5 Å². The van der Waals surface area contributed by atoms with Crippen molar-refractivity contribution >= 4 is 11.8 Å². The molecule has 1 heterocycles. The second-order valence-corrected chi connectivity index (χ2v) is 5.17. The Morgan fingerprint density at radius 2 is 1.84 bits per heavy atom. The number of benzene rings is 1. The van der Waals surface area contributed by atoms with Crippen LogP contribution in [0, 0.1) is 0 Å². The molecule has 4 nitrogen and oxygen atoms in total. The molecule has 0 bridgehead atoms. The molecule has 1 aromatic heterocycles. The fourth-order valence-electron chi connectivity index (χ4n) is 3.14.